The molecule has 0 fully saturated rings. The lowest BCUT2D eigenvalue weighted by molar-refractivity contribution is 1.06. The molecule has 0 aliphatic heterocycles. The lowest BCUT2D eigenvalue weighted by Crippen LogP contribution is -2.10. The van der Waals surface area contributed by atoms with Crippen molar-refractivity contribution in [1.29, 1.82) is 0 Å². The Labute approximate surface area is 106 Å². The predicted molar refractivity (Wildman–Crippen MR) is 74.9 cm³/mol. The van der Waals surface area contributed by atoms with Crippen LogP contribution in [0.5, 0.6) is 0 Å². The number of thiophene rings is 1. The standard InChI is InChI=1S/C13H17N3S/c1-10-4-6-12(17-10)9-14-11-5-7-13(15-8-11)16(2)3/h4-8,14H,9H2,1-3H3. The predicted octanol–water partition coefficient (Wildman–Crippen LogP) is 3.13. The Balaban J connectivity index is 1.95. The van der Waals surface area contributed by atoms with Gasteiger partial charge in [-0.1, -0.05) is 0 Å². The fourth-order valence-corrected chi connectivity index (χ4v) is 2.35. The Kier molecular flexibility index (Phi) is 3.64. The van der Waals surface area contributed by atoms with Crippen LogP contribution in [0.2, 0.25) is 0 Å². The summed E-state index contributed by atoms with van der Waals surface area (Å²) < 4.78 is 0. The summed E-state index contributed by atoms with van der Waals surface area (Å²) in [6.45, 7) is 2.99. The van der Waals surface area contributed by atoms with E-state index in [0.29, 0.717) is 0 Å². The van der Waals surface area contributed by atoms with Gasteiger partial charge in [-0.05, 0) is 31.2 Å². The number of nitrogens with zero attached hydrogens (tertiary/aromatic N) is 2. The van der Waals surface area contributed by atoms with E-state index in [2.05, 4.69) is 35.4 Å². The minimum Gasteiger partial charge on any atom is -0.379 e. The Morgan fingerprint density at radius 1 is 1.24 bits per heavy atom. The Bertz CT molecular complexity index is 474. The largest absolute Gasteiger partial charge is 0.379 e. The number of nitrogens with one attached hydrogen (secondary N) is 1. The maximum Gasteiger partial charge on any atom is 0.128 e. The summed E-state index contributed by atoms with van der Waals surface area (Å²) in [4.78, 5) is 9.05. The summed E-state index contributed by atoms with van der Waals surface area (Å²) in [7, 11) is 3.98. The molecule has 4 heteroatoms. The summed E-state index contributed by atoms with van der Waals surface area (Å²) in [5, 5.41) is 3.37. The number of aromatic nitrogens is 1. The molecule has 0 radical (unpaired) electrons. The molecule has 90 valence electrons. The van der Waals surface area contributed by atoms with E-state index >= 15 is 0 Å². The maximum absolute atomic E-state index is 4.36. The van der Waals surface area contributed by atoms with Crippen LogP contribution in [0, 0.1) is 6.92 Å². The number of hydrogen-bond donors (Lipinski definition) is 1. The Hall–Kier alpha value is -1.55. The van der Waals surface area contributed by atoms with Crippen LogP contribution in [-0.4, -0.2) is 19.1 Å². The average Bonchev–Trinajstić information content (AvgIpc) is 2.73. The fraction of sp³-hybridized carbons (Fsp3) is 0.308. The molecule has 0 aliphatic carbocycles. The Morgan fingerprint density at radius 3 is 2.59 bits per heavy atom. The van der Waals surface area contributed by atoms with Gasteiger partial charge in [0.25, 0.3) is 0 Å². The first-order valence-corrected chi connectivity index (χ1v) is 6.39. The van der Waals surface area contributed by atoms with Gasteiger partial charge in [0.2, 0.25) is 0 Å². The molecule has 2 heterocycles. The van der Waals surface area contributed by atoms with Crippen molar-refractivity contribution in [3.05, 3.63) is 40.2 Å². The minimum absolute atomic E-state index is 0.863. The fourth-order valence-electron chi connectivity index (χ4n) is 1.52. The monoisotopic (exact) mass is 247 g/mol. The second kappa shape index (κ2) is 5.19. The number of rotatable bonds is 4. The normalized spacial score (nSPS) is 10.3. The SMILES string of the molecule is Cc1ccc(CNc2ccc(N(C)C)nc2)s1. The second-order valence-electron chi connectivity index (χ2n) is 4.17. The van der Waals surface area contributed by atoms with Gasteiger partial charge in [-0.2, -0.15) is 0 Å². The lowest BCUT2D eigenvalue weighted by Gasteiger charge is -2.11. The van der Waals surface area contributed by atoms with Gasteiger partial charge in [0, 0.05) is 30.4 Å². The smallest absolute Gasteiger partial charge is 0.128 e. The van der Waals surface area contributed by atoms with Crippen LogP contribution < -0.4 is 10.2 Å². The molecule has 0 atom stereocenters. The van der Waals surface area contributed by atoms with Crippen LogP contribution in [0.4, 0.5) is 11.5 Å². The molecule has 2 aromatic rings. The molecule has 0 unspecified atom stereocenters. The van der Waals surface area contributed by atoms with Crippen LogP contribution >= 0.6 is 11.3 Å². The van der Waals surface area contributed by atoms with Crippen molar-refractivity contribution >= 4 is 22.8 Å². The molecule has 2 aromatic heterocycles. The van der Waals surface area contributed by atoms with Crippen molar-refractivity contribution in [2.45, 2.75) is 13.5 Å². The molecule has 0 saturated carbocycles. The van der Waals surface area contributed by atoms with Crippen LogP contribution in [0.15, 0.2) is 30.5 Å². The number of pyridine rings is 1. The summed E-state index contributed by atoms with van der Waals surface area (Å²) in [5.74, 6) is 0.975. The van der Waals surface area contributed by atoms with E-state index in [4.69, 9.17) is 0 Å². The lowest BCUT2D eigenvalue weighted by atomic mass is 10.3. The zero-order valence-corrected chi connectivity index (χ0v) is 11.2. The summed E-state index contributed by atoms with van der Waals surface area (Å²) in [6.07, 6.45) is 1.87. The summed E-state index contributed by atoms with van der Waals surface area (Å²) in [6, 6.07) is 8.38. The van der Waals surface area contributed by atoms with Crippen LogP contribution in [-0.2, 0) is 6.54 Å². The quantitative estimate of drug-likeness (QED) is 0.899. The topological polar surface area (TPSA) is 28.2 Å². The van der Waals surface area contributed by atoms with Gasteiger partial charge < -0.3 is 10.2 Å². The zero-order chi connectivity index (χ0) is 12.3. The highest BCUT2D eigenvalue weighted by molar-refractivity contribution is 7.11. The van der Waals surface area contributed by atoms with Gasteiger partial charge in [-0.25, -0.2) is 4.98 Å². The molecular weight excluding hydrogens is 230 g/mol. The third kappa shape index (κ3) is 3.20. The van der Waals surface area contributed by atoms with E-state index in [0.717, 1.165) is 18.1 Å². The Morgan fingerprint density at radius 2 is 2.06 bits per heavy atom. The average molecular weight is 247 g/mol. The van der Waals surface area contributed by atoms with Gasteiger partial charge in [0.1, 0.15) is 5.82 Å². The van der Waals surface area contributed by atoms with E-state index in [-0.39, 0.29) is 0 Å². The zero-order valence-electron chi connectivity index (χ0n) is 10.4. The van der Waals surface area contributed by atoms with E-state index < -0.39 is 0 Å². The first-order chi connectivity index (χ1) is 8.15. The van der Waals surface area contributed by atoms with Gasteiger partial charge >= 0.3 is 0 Å². The van der Waals surface area contributed by atoms with Crippen LogP contribution in [0.1, 0.15) is 9.75 Å². The van der Waals surface area contributed by atoms with Crippen molar-refractivity contribution < 1.29 is 0 Å². The molecule has 0 saturated heterocycles. The van der Waals surface area contributed by atoms with E-state index in [1.165, 1.54) is 9.75 Å². The minimum atomic E-state index is 0.863. The second-order valence-corrected chi connectivity index (χ2v) is 5.54. The van der Waals surface area contributed by atoms with Crippen LogP contribution in [0.3, 0.4) is 0 Å². The molecule has 3 nitrogen and oxygen atoms in total. The summed E-state index contributed by atoms with van der Waals surface area (Å²) in [5.41, 5.74) is 1.06. The molecule has 17 heavy (non-hydrogen) atoms. The molecule has 0 bridgehead atoms. The van der Waals surface area contributed by atoms with E-state index in [1.54, 1.807) is 0 Å². The van der Waals surface area contributed by atoms with Crippen LogP contribution in [0.25, 0.3) is 0 Å². The highest BCUT2D eigenvalue weighted by Crippen LogP contribution is 2.17. The van der Waals surface area contributed by atoms with Gasteiger partial charge in [0.05, 0.1) is 11.9 Å². The highest BCUT2D eigenvalue weighted by atomic mass is 32.1. The molecule has 0 spiro atoms. The first kappa shape index (κ1) is 11.9. The summed E-state index contributed by atoms with van der Waals surface area (Å²) >= 11 is 1.82. The molecule has 2 rings (SSSR count). The third-order valence-corrected chi connectivity index (χ3v) is 3.47. The van der Waals surface area contributed by atoms with Crippen molar-refractivity contribution in [3.63, 3.8) is 0 Å². The number of hydrogen-bond acceptors (Lipinski definition) is 4. The van der Waals surface area contributed by atoms with Crippen molar-refractivity contribution in [2.24, 2.45) is 0 Å². The molecular formula is C13H17N3S. The molecule has 0 aromatic carbocycles. The van der Waals surface area contributed by atoms with E-state index in [1.807, 2.05) is 42.6 Å². The van der Waals surface area contributed by atoms with E-state index in [9.17, 15) is 0 Å². The van der Waals surface area contributed by atoms with Gasteiger partial charge in [-0.3, -0.25) is 0 Å². The number of anilines is 2. The van der Waals surface area contributed by atoms with Crippen molar-refractivity contribution in [1.82, 2.24) is 4.98 Å². The maximum atomic E-state index is 4.36. The van der Waals surface area contributed by atoms with Crippen molar-refractivity contribution in [3.8, 4) is 0 Å². The first-order valence-electron chi connectivity index (χ1n) is 5.58. The number of aryl methyl sites for hydroxylation is 1. The van der Waals surface area contributed by atoms with Gasteiger partial charge in [0.15, 0.2) is 0 Å². The van der Waals surface area contributed by atoms with Gasteiger partial charge in [-0.15, -0.1) is 11.3 Å². The third-order valence-electron chi connectivity index (χ3n) is 2.47. The molecule has 0 aliphatic rings. The molecule has 0 amide bonds. The van der Waals surface area contributed by atoms with Crippen molar-refractivity contribution in [2.75, 3.05) is 24.3 Å². The highest BCUT2D eigenvalue weighted by Gasteiger charge is 1.99. The molecule has 1 N–H and O–H groups in total.